The Morgan fingerprint density at radius 1 is 1.18 bits per heavy atom. The molecule has 0 saturated carbocycles. The summed E-state index contributed by atoms with van der Waals surface area (Å²) >= 11 is 1.35. The van der Waals surface area contributed by atoms with Crippen LogP contribution in [-0.2, 0) is 11.8 Å². The van der Waals surface area contributed by atoms with Crippen LogP contribution in [0.5, 0.6) is 0 Å². The monoisotopic (exact) mass is 396 g/mol. The fourth-order valence-electron chi connectivity index (χ4n) is 2.76. The zero-order chi connectivity index (χ0) is 20.1. The van der Waals surface area contributed by atoms with Crippen molar-refractivity contribution in [2.45, 2.75) is 23.1 Å². The largest absolute Gasteiger partial charge is 0.341 e. The quantitative estimate of drug-likeness (QED) is 0.373. The number of hydrogen-bond donors (Lipinski definition) is 1. The third-order valence-corrected chi connectivity index (χ3v) is 5.38. The Morgan fingerprint density at radius 3 is 2.43 bits per heavy atom. The molecule has 0 saturated heterocycles. The number of non-ortho nitro benzene ring substituents is 1. The Hall–Kier alpha value is -3.13. The molecule has 3 aromatic rings. The number of nitrogens with zero attached hydrogens (tertiary/aromatic N) is 3. The molecule has 2 aromatic carbocycles. The lowest BCUT2D eigenvalue weighted by molar-refractivity contribution is -0.384. The highest BCUT2D eigenvalue weighted by atomic mass is 32.2. The van der Waals surface area contributed by atoms with E-state index in [1.165, 1.54) is 23.9 Å². The lowest BCUT2D eigenvalue weighted by atomic mass is 10.1. The van der Waals surface area contributed by atoms with Crippen molar-refractivity contribution in [3.8, 4) is 0 Å². The number of nitrogens with one attached hydrogen (secondary N) is 1. The lowest BCUT2D eigenvalue weighted by Crippen LogP contribution is -2.36. The number of aromatic nitrogens is 2. The van der Waals surface area contributed by atoms with Crippen LogP contribution in [0.2, 0.25) is 0 Å². The summed E-state index contributed by atoms with van der Waals surface area (Å²) in [4.78, 5) is 28.3. The van der Waals surface area contributed by atoms with Crippen molar-refractivity contribution in [1.82, 2.24) is 14.9 Å². The van der Waals surface area contributed by atoms with E-state index in [1.54, 1.807) is 18.3 Å². The highest BCUT2D eigenvalue weighted by Gasteiger charge is 2.24. The zero-order valence-corrected chi connectivity index (χ0v) is 16.3. The molecule has 1 heterocycles. The number of benzene rings is 2. The molecule has 2 unspecified atom stereocenters. The van der Waals surface area contributed by atoms with E-state index in [0.29, 0.717) is 0 Å². The first-order valence-corrected chi connectivity index (χ1v) is 9.57. The van der Waals surface area contributed by atoms with Gasteiger partial charge >= 0.3 is 0 Å². The van der Waals surface area contributed by atoms with Gasteiger partial charge in [-0.3, -0.25) is 14.9 Å². The van der Waals surface area contributed by atoms with Gasteiger partial charge in [-0.2, -0.15) is 0 Å². The van der Waals surface area contributed by atoms with Crippen LogP contribution in [-0.4, -0.2) is 25.6 Å². The number of carbonyl (C=O) groups excluding carboxylic acids is 1. The van der Waals surface area contributed by atoms with Gasteiger partial charge in [-0.15, -0.1) is 11.8 Å². The van der Waals surface area contributed by atoms with Crippen LogP contribution < -0.4 is 5.32 Å². The van der Waals surface area contributed by atoms with Crippen LogP contribution >= 0.6 is 11.8 Å². The topological polar surface area (TPSA) is 90.1 Å². The molecule has 0 spiro atoms. The van der Waals surface area contributed by atoms with Gasteiger partial charge in [0.25, 0.3) is 5.69 Å². The van der Waals surface area contributed by atoms with Crippen LogP contribution in [0.15, 0.2) is 71.9 Å². The van der Waals surface area contributed by atoms with Crippen molar-refractivity contribution in [3.05, 3.63) is 88.5 Å². The van der Waals surface area contributed by atoms with Crippen LogP contribution in [0.4, 0.5) is 5.69 Å². The normalized spacial score (nSPS) is 12.9. The van der Waals surface area contributed by atoms with Crippen molar-refractivity contribution >= 4 is 23.4 Å². The SMILES string of the molecule is CC(Sc1ccc([N+](=O)[O-])cc1)C(=O)NC(c1ccccc1)c1nccn1C. The molecule has 7 nitrogen and oxygen atoms in total. The van der Waals surface area contributed by atoms with Gasteiger partial charge in [0.05, 0.1) is 10.2 Å². The molecule has 0 aliphatic heterocycles. The minimum absolute atomic E-state index is 0.0281. The van der Waals surface area contributed by atoms with Gasteiger partial charge in [-0.1, -0.05) is 30.3 Å². The smallest absolute Gasteiger partial charge is 0.269 e. The van der Waals surface area contributed by atoms with Gasteiger partial charge in [0.15, 0.2) is 0 Å². The van der Waals surface area contributed by atoms with Gasteiger partial charge in [0.2, 0.25) is 5.91 Å². The summed E-state index contributed by atoms with van der Waals surface area (Å²) in [5.41, 5.74) is 0.970. The number of thioether (sulfide) groups is 1. The number of imidazole rings is 1. The Bertz CT molecular complexity index is 957. The first-order valence-electron chi connectivity index (χ1n) is 8.69. The second-order valence-corrected chi connectivity index (χ2v) is 7.67. The summed E-state index contributed by atoms with van der Waals surface area (Å²) in [6.07, 6.45) is 3.54. The Kier molecular flexibility index (Phi) is 6.10. The molecular weight excluding hydrogens is 376 g/mol. The molecule has 0 aliphatic carbocycles. The number of nitro benzene ring substituents is 1. The maximum atomic E-state index is 12.8. The summed E-state index contributed by atoms with van der Waals surface area (Å²) in [5.74, 6) is 0.604. The van der Waals surface area contributed by atoms with Gasteiger partial charge in [0, 0.05) is 36.5 Å². The van der Waals surface area contributed by atoms with E-state index >= 15 is 0 Å². The zero-order valence-electron chi connectivity index (χ0n) is 15.5. The maximum absolute atomic E-state index is 12.8. The predicted octanol–water partition coefficient (Wildman–Crippen LogP) is 3.71. The van der Waals surface area contributed by atoms with E-state index in [9.17, 15) is 14.9 Å². The number of amides is 1. The first-order chi connectivity index (χ1) is 13.5. The van der Waals surface area contributed by atoms with E-state index in [1.807, 2.05) is 55.1 Å². The highest BCUT2D eigenvalue weighted by molar-refractivity contribution is 8.00. The average Bonchev–Trinajstić information content (AvgIpc) is 3.12. The highest BCUT2D eigenvalue weighted by Crippen LogP contribution is 2.27. The van der Waals surface area contributed by atoms with Crippen LogP contribution in [0.1, 0.15) is 24.4 Å². The minimum Gasteiger partial charge on any atom is -0.341 e. The Labute approximate surface area is 166 Å². The standard InChI is InChI=1S/C20H20N4O3S/c1-14(28-17-10-8-16(9-11-17)24(26)27)20(25)22-18(15-6-4-3-5-7-15)19-21-12-13-23(19)2/h3-14,18H,1-2H3,(H,22,25). The minimum atomic E-state index is -0.443. The van der Waals surface area contributed by atoms with E-state index in [-0.39, 0.29) is 22.9 Å². The molecule has 0 bridgehead atoms. The number of rotatable bonds is 7. The lowest BCUT2D eigenvalue weighted by Gasteiger charge is -2.21. The number of carbonyl (C=O) groups is 1. The number of nitro groups is 1. The molecule has 0 radical (unpaired) electrons. The fourth-order valence-corrected chi connectivity index (χ4v) is 3.64. The van der Waals surface area contributed by atoms with Gasteiger partial charge in [0.1, 0.15) is 11.9 Å². The van der Waals surface area contributed by atoms with Crippen LogP contribution in [0, 0.1) is 10.1 Å². The maximum Gasteiger partial charge on any atom is 0.269 e. The fraction of sp³-hybridized carbons (Fsp3) is 0.200. The molecule has 8 heteroatoms. The molecule has 0 fully saturated rings. The van der Waals surface area contributed by atoms with E-state index in [2.05, 4.69) is 10.3 Å². The third kappa shape index (κ3) is 4.58. The summed E-state index contributed by atoms with van der Waals surface area (Å²) in [6, 6.07) is 15.5. The van der Waals surface area contributed by atoms with Crippen molar-refractivity contribution in [3.63, 3.8) is 0 Å². The van der Waals surface area contributed by atoms with Gasteiger partial charge in [-0.05, 0) is 24.6 Å². The number of aryl methyl sites for hydroxylation is 1. The van der Waals surface area contributed by atoms with E-state index in [4.69, 9.17) is 0 Å². The molecule has 1 N–H and O–H groups in total. The summed E-state index contributed by atoms with van der Waals surface area (Å²) < 4.78 is 1.88. The van der Waals surface area contributed by atoms with Crippen molar-refractivity contribution in [2.75, 3.05) is 0 Å². The molecule has 1 amide bonds. The van der Waals surface area contributed by atoms with E-state index < -0.39 is 4.92 Å². The van der Waals surface area contributed by atoms with Crippen molar-refractivity contribution < 1.29 is 9.72 Å². The second-order valence-electron chi connectivity index (χ2n) is 6.26. The summed E-state index contributed by atoms with van der Waals surface area (Å²) in [5, 5.41) is 13.5. The van der Waals surface area contributed by atoms with Crippen molar-refractivity contribution in [1.29, 1.82) is 0 Å². The molecule has 28 heavy (non-hydrogen) atoms. The molecule has 1 aromatic heterocycles. The molecule has 2 atom stereocenters. The van der Waals surface area contributed by atoms with Gasteiger partial charge < -0.3 is 9.88 Å². The average molecular weight is 396 g/mol. The number of hydrogen-bond acceptors (Lipinski definition) is 5. The van der Waals surface area contributed by atoms with Crippen LogP contribution in [0.25, 0.3) is 0 Å². The molecular formula is C20H20N4O3S. The van der Waals surface area contributed by atoms with Crippen LogP contribution in [0.3, 0.4) is 0 Å². The summed E-state index contributed by atoms with van der Waals surface area (Å²) in [7, 11) is 1.89. The molecule has 3 rings (SSSR count). The Morgan fingerprint density at radius 2 is 1.86 bits per heavy atom. The second kappa shape index (κ2) is 8.71. The first kappa shape index (κ1) is 19.6. The Balaban J connectivity index is 1.74. The van der Waals surface area contributed by atoms with E-state index in [0.717, 1.165) is 16.3 Å². The molecule has 144 valence electrons. The molecule has 0 aliphatic rings. The van der Waals surface area contributed by atoms with Gasteiger partial charge in [-0.25, -0.2) is 4.98 Å². The summed E-state index contributed by atoms with van der Waals surface area (Å²) in [6.45, 7) is 1.81. The predicted molar refractivity (Wildman–Crippen MR) is 108 cm³/mol. The van der Waals surface area contributed by atoms with Crippen molar-refractivity contribution in [2.24, 2.45) is 7.05 Å². The third-order valence-electron chi connectivity index (χ3n) is 4.27.